The lowest BCUT2D eigenvalue weighted by Crippen LogP contribution is -2.36. The highest BCUT2D eigenvalue weighted by atomic mass is 16.7. The van der Waals surface area contributed by atoms with Crippen molar-refractivity contribution in [2.75, 3.05) is 27.3 Å². The molecule has 0 spiro atoms. The van der Waals surface area contributed by atoms with E-state index in [4.69, 9.17) is 9.57 Å². The Morgan fingerprint density at radius 2 is 2.33 bits per heavy atom. The Hall–Kier alpha value is -0.160. The van der Waals surface area contributed by atoms with E-state index in [9.17, 15) is 0 Å². The number of ether oxygens (including phenoxy) is 1. The molecule has 1 heterocycles. The third-order valence-electron chi connectivity index (χ3n) is 1.37. The van der Waals surface area contributed by atoms with Gasteiger partial charge in [0.05, 0.1) is 7.11 Å². The first-order valence-electron chi connectivity index (χ1n) is 2.95. The van der Waals surface area contributed by atoms with E-state index in [2.05, 4.69) is 5.32 Å². The van der Waals surface area contributed by atoms with Gasteiger partial charge >= 0.3 is 0 Å². The summed E-state index contributed by atoms with van der Waals surface area (Å²) in [6, 6.07) is 0. The van der Waals surface area contributed by atoms with Crippen LogP contribution in [-0.4, -0.2) is 38.7 Å². The zero-order chi connectivity index (χ0) is 6.69. The summed E-state index contributed by atoms with van der Waals surface area (Å²) in [5.41, 5.74) is 0. The third kappa shape index (κ3) is 1.40. The highest BCUT2D eigenvalue weighted by molar-refractivity contribution is 4.62. The maximum Gasteiger partial charge on any atom is 0.187 e. The molecular weight excluding hydrogens is 120 g/mol. The van der Waals surface area contributed by atoms with Crippen molar-refractivity contribution in [3.8, 4) is 0 Å². The van der Waals surface area contributed by atoms with Crippen molar-refractivity contribution in [3.05, 3.63) is 0 Å². The van der Waals surface area contributed by atoms with Gasteiger partial charge in [-0.05, 0) is 0 Å². The molecule has 1 aliphatic heterocycles. The minimum Gasteiger partial charge on any atom is -0.351 e. The zero-order valence-corrected chi connectivity index (χ0v) is 5.76. The van der Waals surface area contributed by atoms with Gasteiger partial charge < -0.3 is 4.74 Å². The van der Waals surface area contributed by atoms with Crippen LogP contribution < -0.4 is 5.32 Å². The van der Waals surface area contributed by atoms with Crippen molar-refractivity contribution in [2.24, 2.45) is 0 Å². The van der Waals surface area contributed by atoms with Gasteiger partial charge in [-0.3, -0.25) is 10.2 Å². The van der Waals surface area contributed by atoms with E-state index in [0.717, 1.165) is 13.1 Å². The summed E-state index contributed by atoms with van der Waals surface area (Å²) in [6.07, 6.45) is -0.0602. The molecule has 1 fully saturated rings. The van der Waals surface area contributed by atoms with Crippen LogP contribution in [0.4, 0.5) is 0 Å². The van der Waals surface area contributed by atoms with Crippen LogP contribution in [-0.2, 0) is 9.57 Å². The number of methoxy groups -OCH3 is 1. The lowest BCUT2D eigenvalue weighted by atomic mass is 10.7. The largest absolute Gasteiger partial charge is 0.351 e. The molecule has 1 unspecified atom stereocenters. The summed E-state index contributed by atoms with van der Waals surface area (Å²) in [4.78, 5) is 4.96. The molecular formula is C5H12N2O2. The monoisotopic (exact) mass is 132 g/mol. The van der Waals surface area contributed by atoms with Crippen LogP contribution in [0.25, 0.3) is 0 Å². The number of nitrogens with one attached hydrogen (secondary N) is 1. The van der Waals surface area contributed by atoms with E-state index >= 15 is 0 Å². The summed E-state index contributed by atoms with van der Waals surface area (Å²) in [6.45, 7) is 1.81. The minimum absolute atomic E-state index is 0.0602. The Morgan fingerprint density at radius 1 is 1.56 bits per heavy atom. The molecule has 0 aliphatic carbocycles. The van der Waals surface area contributed by atoms with E-state index in [-0.39, 0.29) is 6.35 Å². The van der Waals surface area contributed by atoms with Crippen molar-refractivity contribution in [2.45, 2.75) is 6.35 Å². The maximum atomic E-state index is 5.00. The fourth-order valence-corrected chi connectivity index (χ4v) is 0.905. The number of hydrogen-bond donors (Lipinski definition) is 1. The van der Waals surface area contributed by atoms with Crippen molar-refractivity contribution < 1.29 is 9.57 Å². The van der Waals surface area contributed by atoms with Crippen molar-refractivity contribution >= 4 is 0 Å². The summed E-state index contributed by atoms with van der Waals surface area (Å²) >= 11 is 0. The molecule has 0 aromatic rings. The fourth-order valence-electron chi connectivity index (χ4n) is 0.905. The number of nitrogens with zero attached hydrogens (tertiary/aromatic N) is 1. The first-order chi connectivity index (χ1) is 4.38. The molecule has 0 saturated carbocycles. The Kier molecular flexibility index (Phi) is 2.41. The predicted molar refractivity (Wildman–Crippen MR) is 32.5 cm³/mol. The average Bonchev–Trinajstić information content (AvgIpc) is 2.33. The van der Waals surface area contributed by atoms with Gasteiger partial charge in [-0.1, -0.05) is 0 Å². The molecule has 1 rings (SSSR count). The minimum atomic E-state index is -0.0602. The summed E-state index contributed by atoms with van der Waals surface area (Å²) < 4.78 is 5.00. The van der Waals surface area contributed by atoms with Gasteiger partial charge in [0.25, 0.3) is 0 Å². The normalized spacial score (nSPS) is 29.3. The van der Waals surface area contributed by atoms with Gasteiger partial charge in [-0.15, -0.1) is 5.06 Å². The van der Waals surface area contributed by atoms with Crippen LogP contribution in [0.5, 0.6) is 0 Å². The molecule has 1 N–H and O–H groups in total. The van der Waals surface area contributed by atoms with Crippen LogP contribution in [0.2, 0.25) is 0 Å². The SMILES string of the molecule is COC1NCCN1OC. The van der Waals surface area contributed by atoms with Crippen LogP contribution in [0.1, 0.15) is 0 Å². The van der Waals surface area contributed by atoms with Gasteiger partial charge in [0.1, 0.15) is 0 Å². The fraction of sp³-hybridized carbons (Fsp3) is 1.00. The third-order valence-corrected chi connectivity index (χ3v) is 1.37. The second-order valence-corrected chi connectivity index (χ2v) is 1.87. The summed E-state index contributed by atoms with van der Waals surface area (Å²) in [5, 5.41) is 4.84. The summed E-state index contributed by atoms with van der Waals surface area (Å²) in [5.74, 6) is 0. The first kappa shape index (κ1) is 6.95. The van der Waals surface area contributed by atoms with Gasteiger partial charge in [0.15, 0.2) is 6.35 Å². The molecule has 0 aromatic carbocycles. The number of hydrogen-bond acceptors (Lipinski definition) is 4. The second kappa shape index (κ2) is 3.12. The lowest BCUT2D eigenvalue weighted by Gasteiger charge is -2.18. The Morgan fingerprint density at radius 3 is 2.78 bits per heavy atom. The highest BCUT2D eigenvalue weighted by Gasteiger charge is 2.22. The zero-order valence-electron chi connectivity index (χ0n) is 5.76. The summed E-state index contributed by atoms with van der Waals surface area (Å²) in [7, 11) is 3.29. The van der Waals surface area contributed by atoms with Crippen molar-refractivity contribution in [1.29, 1.82) is 0 Å². The van der Waals surface area contributed by atoms with Gasteiger partial charge in [-0.2, -0.15) is 0 Å². The smallest absolute Gasteiger partial charge is 0.187 e. The molecule has 1 saturated heterocycles. The quantitative estimate of drug-likeness (QED) is 0.543. The molecule has 1 aliphatic rings. The Labute approximate surface area is 54.7 Å². The Bertz CT molecular complexity index is 79.0. The van der Waals surface area contributed by atoms with Crippen LogP contribution in [0, 0.1) is 0 Å². The van der Waals surface area contributed by atoms with Gasteiger partial charge in [0.2, 0.25) is 0 Å². The Balaban J connectivity index is 2.32. The number of hydroxylamine groups is 2. The number of rotatable bonds is 2. The maximum absolute atomic E-state index is 5.00. The van der Waals surface area contributed by atoms with Crippen molar-refractivity contribution in [1.82, 2.24) is 10.4 Å². The van der Waals surface area contributed by atoms with Gasteiger partial charge in [0, 0.05) is 20.2 Å². The topological polar surface area (TPSA) is 33.7 Å². The van der Waals surface area contributed by atoms with E-state index in [1.165, 1.54) is 0 Å². The first-order valence-corrected chi connectivity index (χ1v) is 2.95. The van der Waals surface area contributed by atoms with E-state index < -0.39 is 0 Å². The molecule has 4 nitrogen and oxygen atoms in total. The predicted octanol–water partition coefficient (Wildman–Crippen LogP) is -0.617. The molecule has 9 heavy (non-hydrogen) atoms. The molecule has 0 aromatic heterocycles. The molecule has 4 heteroatoms. The van der Waals surface area contributed by atoms with Crippen molar-refractivity contribution in [3.63, 3.8) is 0 Å². The standard InChI is InChI=1S/C5H12N2O2/c1-8-5-6-3-4-7(5)9-2/h5-6H,3-4H2,1-2H3. The van der Waals surface area contributed by atoms with Gasteiger partial charge in [-0.25, -0.2) is 0 Å². The van der Waals surface area contributed by atoms with Crippen LogP contribution in [0.15, 0.2) is 0 Å². The molecule has 0 radical (unpaired) electrons. The molecule has 0 amide bonds. The van der Waals surface area contributed by atoms with E-state index in [1.54, 1.807) is 19.3 Å². The second-order valence-electron chi connectivity index (χ2n) is 1.87. The molecule has 54 valence electrons. The lowest BCUT2D eigenvalue weighted by molar-refractivity contribution is -0.212. The van der Waals surface area contributed by atoms with Crippen LogP contribution >= 0.6 is 0 Å². The van der Waals surface area contributed by atoms with Crippen LogP contribution in [0.3, 0.4) is 0 Å². The average molecular weight is 132 g/mol. The highest BCUT2D eigenvalue weighted by Crippen LogP contribution is 2.01. The van der Waals surface area contributed by atoms with E-state index in [0.29, 0.717) is 0 Å². The molecule has 1 atom stereocenters. The van der Waals surface area contributed by atoms with E-state index in [1.807, 2.05) is 0 Å². The molecule has 0 bridgehead atoms.